The SMILES string of the molecule is CCCCc1c(OC)c(OC)c2ccncc2c1OC. The van der Waals surface area contributed by atoms with Crippen molar-refractivity contribution in [1.29, 1.82) is 0 Å². The fourth-order valence-corrected chi connectivity index (χ4v) is 2.53. The first-order chi connectivity index (χ1) is 9.78. The van der Waals surface area contributed by atoms with E-state index in [1.54, 1.807) is 27.5 Å². The molecule has 0 radical (unpaired) electrons. The smallest absolute Gasteiger partial charge is 0.169 e. The predicted octanol–water partition coefficient (Wildman–Crippen LogP) is 3.60. The molecule has 1 aromatic carbocycles. The fraction of sp³-hybridized carbons (Fsp3) is 0.438. The number of fused-ring (bicyclic) bond motifs is 1. The number of unbranched alkanes of at least 4 members (excludes halogenated alkanes) is 1. The Labute approximate surface area is 119 Å². The molecule has 0 aliphatic rings. The molecule has 0 N–H and O–H groups in total. The van der Waals surface area contributed by atoms with E-state index in [0.29, 0.717) is 0 Å². The van der Waals surface area contributed by atoms with Crippen LogP contribution < -0.4 is 14.2 Å². The van der Waals surface area contributed by atoms with E-state index >= 15 is 0 Å². The highest BCUT2D eigenvalue weighted by Gasteiger charge is 2.21. The summed E-state index contributed by atoms with van der Waals surface area (Å²) < 4.78 is 16.8. The molecule has 0 saturated carbocycles. The minimum absolute atomic E-state index is 0.747. The maximum absolute atomic E-state index is 5.62. The summed E-state index contributed by atoms with van der Waals surface area (Å²) in [6.45, 7) is 2.17. The lowest BCUT2D eigenvalue weighted by Crippen LogP contribution is -2.02. The molecule has 0 aliphatic carbocycles. The molecule has 0 fully saturated rings. The number of aromatic nitrogens is 1. The van der Waals surface area contributed by atoms with E-state index < -0.39 is 0 Å². The lowest BCUT2D eigenvalue weighted by atomic mass is 10.00. The van der Waals surface area contributed by atoms with E-state index in [4.69, 9.17) is 14.2 Å². The molecular weight excluding hydrogens is 254 g/mol. The first-order valence-electron chi connectivity index (χ1n) is 6.82. The Morgan fingerprint density at radius 1 is 0.950 bits per heavy atom. The van der Waals surface area contributed by atoms with Crippen LogP contribution in [0.5, 0.6) is 17.2 Å². The highest BCUT2D eigenvalue weighted by molar-refractivity contribution is 5.96. The number of pyridine rings is 1. The molecule has 0 spiro atoms. The van der Waals surface area contributed by atoms with Crippen molar-refractivity contribution in [1.82, 2.24) is 4.98 Å². The van der Waals surface area contributed by atoms with Crippen molar-refractivity contribution in [3.05, 3.63) is 24.0 Å². The van der Waals surface area contributed by atoms with Gasteiger partial charge in [0.15, 0.2) is 11.5 Å². The van der Waals surface area contributed by atoms with Gasteiger partial charge >= 0.3 is 0 Å². The van der Waals surface area contributed by atoms with Crippen molar-refractivity contribution in [3.8, 4) is 17.2 Å². The van der Waals surface area contributed by atoms with E-state index in [1.807, 2.05) is 12.3 Å². The van der Waals surface area contributed by atoms with E-state index in [1.165, 1.54) is 0 Å². The lowest BCUT2D eigenvalue weighted by molar-refractivity contribution is 0.348. The van der Waals surface area contributed by atoms with Gasteiger partial charge in [-0.25, -0.2) is 0 Å². The van der Waals surface area contributed by atoms with Gasteiger partial charge in [-0.1, -0.05) is 13.3 Å². The highest BCUT2D eigenvalue weighted by Crippen LogP contribution is 2.45. The average molecular weight is 275 g/mol. The zero-order chi connectivity index (χ0) is 14.5. The fourth-order valence-electron chi connectivity index (χ4n) is 2.53. The van der Waals surface area contributed by atoms with E-state index in [-0.39, 0.29) is 0 Å². The summed E-state index contributed by atoms with van der Waals surface area (Å²) in [5, 5.41) is 1.91. The van der Waals surface area contributed by atoms with Crippen LogP contribution in [0.3, 0.4) is 0 Å². The molecule has 2 aromatic rings. The van der Waals surface area contributed by atoms with E-state index in [9.17, 15) is 0 Å². The third-order valence-corrected chi connectivity index (χ3v) is 3.46. The number of ether oxygens (including phenoxy) is 3. The second-order valence-corrected chi connectivity index (χ2v) is 4.60. The zero-order valence-corrected chi connectivity index (χ0v) is 12.5. The van der Waals surface area contributed by atoms with Crippen molar-refractivity contribution in [2.45, 2.75) is 26.2 Å². The number of methoxy groups -OCH3 is 3. The molecule has 1 aromatic heterocycles. The van der Waals surface area contributed by atoms with Crippen LogP contribution in [0.4, 0.5) is 0 Å². The van der Waals surface area contributed by atoms with Crippen LogP contribution in [0.1, 0.15) is 25.3 Å². The number of hydrogen-bond donors (Lipinski definition) is 0. The van der Waals surface area contributed by atoms with Gasteiger partial charge in [0.1, 0.15) is 5.75 Å². The van der Waals surface area contributed by atoms with Crippen molar-refractivity contribution < 1.29 is 14.2 Å². The maximum atomic E-state index is 5.62. The summed E-state index contributed by atoms with van der Waals surface area (Å²) in [5.74, 6) is 2.34. The largest absolute Gasteiger partial charge is 0.496 e. The van der Waals surface area contributed by atoms with Crippen LogP contribution in [0, 0.1) is 0 Å². The first-order valence-corrected chi connectivity index (χ1v) is 6.82. The maximum Gasteiger partial charge on any atom is 0.169 e. The summed E-state index contributed by atoms with van der Waals surface area (Å²) >= 11 is 0. The highest BCUT2D eigenvalue weighted by atomic mass is 16.5. The van der Waals surface area contributed by atoms with E-state index in [2.05, 4.69) is 11.9 Å². The molecule has 0 bridgehead atoms. The topological polar surface area (TPSA) is 40.6 Å². The third-order valence-electron chi connectivity index (χ3n) is 3.46. The van der Waals surface area contributed by atoms with Crippen LogP contribution in [0.25, 0.3) is 10.8 Å². The van der Waals surface area contributed by atoms with Gasteiger partial charge in [-0.05, 0) is 18.9 Å². The quantitative estimate of drug-likeness (QED) is 0.807. The summed E-state index contributed by atoms with van der Waals surface area (Å²) in [5.41, 5.74) is 1.05. The number of rotatable bonds is 6. The van der Waals surface area contributed by atoms with Gasteiger partial charge in [-0.3, -0.25) is 4.98 Å². The Bertz CT molecular complexity index is 596. The van der Waals surface area contributed by atoms with Crippen LogP contribution in [-0.2, 0) is 6.42 Å². The molecule has 2 rings (SSSR count). The normalized spacial score (nSPS) is 10.6. The van der Waals surface area contributed by atoms with Gasteiger partial charge in [-0.2, -0.15) is 0 Å². The number of benzene rings is 1. The van der Waals surface area contributed by atoms with Crippen LogP contribution in [0.15, 0.2) is 18.5 Å². The summed E-state index contributed by atoms with van der Waals surface area (Å²) in [6.07, 6.45) is 6.63. The molecule has 0 unspecified atom stereocenters. The van der Waals surface area contributed by atoms with Gasteiger partial charge in [0.25, 0.3) is 0 Å². The molecule has 4 heteroatoms. The molecule has 0 amide bonds. The Morgan fingerprint density at radius 3 is 2.25 bits per heavy atom. The van der Waals surface area contributed by atoms with Crippen LogP contribution in [-0.4, -0.2) is 26.3 Å². The standard InChI is InChI=1S/C16H21NO3/c1-5-6-7-12-14(18-2)13-10-17-9-8-11(13)15(19-3)16(12)20-4/h8-10H,5-7H2,1-4H3. The van der Waals surface area contributed by atoms with Gasteiger partial charge in [0, 0.05) is 28.7 Å². The lowest BCUT2D eigenvalue weighted by Gasteiger charge is -2.19. The second-order valence-electron chi connectivity index (χ2n) is 4.60. The van der Waals surface area contributed by atoms with E-state index in [0.717, 1.165) is 52.8 Å². The van der Waals surface area contributed by atoms with Crippen LogP contribution >= 0.6 is 0 Å². The van der Waals surface area contributed by atoms with Crippen LogP contribution in [0.2, 0.25) is 0 Å². The van der Waals surface area contributed by atoms with Gasteiger partial charge in [0.05, 0.1) is 21.3 Å². The molecule has 20 heavy (non-hydrogen) atoms. The Morgan fingerprint density at radius 2 is 1.65 bits per heavy atom. The van der Waals surface area contributed by atoms with Gasteiger partial charge in [-0.15, -0.1) is 0 Å². The van der Waals surface area contributed by atoms with Gasteiger partial charge in [0.2, 0.25) is 0 Å². The molecule has 0 aliphatic heterocycles. The number of hydrogen-bond acceptors (Lipinski definition) is 4. The Kier molecular flexibility index (Phi) is 4.66. The minimum atomic E-state index is 0.747. The van der Waals surface area contributed by atoms with Crippen molar-refractivity contribution in [2.75, 3.05) is 21.3 Å². The monoisotopic (exact) mass is 275 g/mol. The van der Waals surface area contributed by atoms with Crippen molar-refractivity contribution >= 4 is 10.8 Å². The molecule has 0 atom stereocenters. The number of nitrogens with zero attached hydrogens (tertiary/aromatic N) is 1. The minimum Gasteiger partial charge on any atom is -0.496 e. The van der Waals surface area contributed by atoms with Gasteiger partial charge < -0.3 is 14.2 Å². The average Bonchev–Trinajstić information content (AvgIpc) is 2.50. The molecule has 4 nitrogen and oxygen atoms in total. The molecule has 0 saturated heterocycles. The van der Waals surface area contributed by atoms with Crippen molar-refractivity contribution in [3.63, 3.8) is 0 Å². The summed E-state index contributed by atoms with van der Waals surface area (Å²) in [6, 6.07) is 1.92. The first kappa shape index (κ1) is 14.4. The summed E-state index contributed by atoms with van der Waals surface area (Å²) in [7, 11) is 5.01. The Hall–Kier alpha value is -1.97. The third kappa shape index (κ3) is 2.38. The molecule has 108 valence electrons. The second kappa shape index (κ2) is 6.46. The molecule has 1 heterocycles. The zero-order valence-electron chi connectivity index (χ0n) is 12.5. The predicted molar refractivity (Wildman–Crippen MR) is 80.0 cm³/mol. The Balaban J connectivity index is 2.79. The van der Waals surface area contributed by atoms with Crippen molar-refractivity contribution in [2.24, 2.45) is 0 Å². The summed E-state index contributed by atoms with van der Waals surface area (Å²) in [4.78, 5) is 4.20. The molecular formula is C16H21NO3.